The highest BCUT2D eigenvalue weighted by molar-refractivity contribution is 6.10. The van der Waals surface area contributed by atoms with Gasteiger partial charge < -0.3 is 33.7 Å². The Morgan fingerprint density at radius 1 is 0.733 bits per heavy atom. The standard InChI is InChI=1S/C51H47NO8/c1-32(2)48(53)58-26-25-52-49(54)59-28-27-57-37-20-18-36(19-21-37)51(35-15-11-8-12-16-35)24-23-39-46-45(40-30-43(55-5)44(56-6)31-41(40)47(39)60-51)38-22-17-34(29-42(38)50(46,3)4)33-13-9-7-10-14-33/h7-24,29-31H,1,25-28H2,2-6H3,(H,52,54). The third kappa shape index (κ3) is 7.21. The second kappa shape index (κ2) is 16.3. The topological polar surface area (TPSA) is 102 Å². The molecule has 1 amide bonds. The SMILES string of the molecule is C=C(C)C(=O)OCCNC(=O)OCCOc1ccc(C2(c3ccccc3)C=Cc3c4c(c5cc(OC)c(OC)cc5c3O2)-c2ccc(-c3ccccc3)cc2C4(C)C)cc1. The van der Waals surface area contributed by atoms with Crippen LogP contribution in [0.15, 0.2) is 133 Å². The largest absolute Gasteiger partial charge is 0.493 e. The summed E-state index contributed by atoms with van der Waals surface area (Å²) in [5.74, 6) is 2.10. The van der Waals surface area contributed by atoms with Gasteiger partial charge >= 0.3 is 12.1 Å². The van der Waals surface area contributed by atoms with Crippen molar-refractivity contribution >= 4 is 28.9 Å². The van der Waals surface area contributed by atoms with Crippen LogP contribution in [0.25, 0.3) is 39.1 Å². The van der Waals surface area contributed by atoms with Crippen LogP contribution in [0.2, 0.25) is 0 Å². The maximum Gasteiger partial charge on any atom is 0.407 e. The number of benzene rings is 6. The summed E-state index contributed by atoms with van der Waals surface area (Å²) in [6, 6.07) is 39.4. The third-order valence-electron chi connectivity index (χ3n) is 11.3. The Labute approximate surface area is 350 Å². The van der Waals surface area contributed by atoms with Crippen molar-refractivity contribution in [2.75, 3.05) is 40.6 Å². The van der Waals surface area contributed by atoms with Crippen LogP contribution in [-0.4, -0.2) is 52.6 Å². The smallest absolute Gasteiger partial charge is 0.407 e. The van der Waals surface area contributed by atoms with Gasteiger partial charge in [-0.3, -0.25) is 0 Å². The van der Waals surface area contributed by atoms with E-state index in [9.17, 15) is 9.59 Å². The molecule has 9 heteroatoms. The van der Waals surface area contributed by atoms with Crippen LogP contribution in [0, 0.1) is 0 Å². The minimum atomic E-state index is -1.00. The predicted octanol–water partition coefficient (Wildman–Crippen LogP) is 10.4. The van der Waals surface area contributed by atoms with E-state index in [1.54, 1.807) is 21.1 Å². The number of carbonyl (C=O) groups is 2. The number of rotatable bonds is 13. The Hall–Kier alpha value is -7.00. The van der Waals surface area contributed by atoms with E-state index < -0.39 is 17.7 Å². The van der Waals surface area contributed by atoms with E-state index in [0.29, 0.717) is 22.8 Å². The number of alkyl carbamates (subject to hydrolysis) is 1. The summed E-state index contributed by atoms with van der Waals surface area (Å²) >= 11 is 0. The predicted molar refractivity (Wildman–Crippen MR) is 234 cm³/mol. The number of ether oxygens (including phenoxy) is 6. The van der Waals surface area contributed by atoms with Crippen LogP contribution in [0.1, 0.15) is 48.6 Å². The van der Waals surface area contributed by atoms with Gasteiger partial charge in [0.2, 0.25) is 0 Å². The summed E-state index contributed by atoms with van der Waals surface area (Å²) in [7, 11) is 3.32. The number of methoxy groups -OCH3 is 2. The summed E-state index contributed by atoms with van der Waals surface area (Å²) < 4.78 is 35.4. The zero-order valence-corrected chi connectivity index (χ0v) is 34.4. The molecule has 2 aliphatic rings. The monoisotopic (exact) mass is 801 g/mol. The van der Waals surface area contributed by atoms with Crippen LogP contribution in [0.5, 0.6) is 23.0 Å². The van der Waals surface area contributed by atoms with Crippen LogP contribution < -0.4 is 24.3 Å². The minimum absolute atomic E-state index is 0.0160. The average molecular weight is 802 g/mol. The van der Waals surface area contributed by atoms with Crippen molar-refractivity contribution < 1.29 is 38.0 Å². The lowest BCUT2D eigenvalue weighted by Crippen LogP contribution is -2.35. The quantitative estimate of drug-likeness (QED) is 0.0700. The zero-order valence-electron chi connectivity index (χ0n) is 34.4. The first-order valence-corrected chi connectivity index (χ1v) is 19.9. The molecule has 6 aromatic rings. The zero-order chi connectivity index (χ0) is 42.0. The van der Waals surface area contributed by atoms with Crippen LogP contribution >= 0.6 is 0 Å². The second-order valence-corrected chi connectivity index (χ2v) is 15.4. The number of hydrogen-bond acceptors (Lipinski definition) is 8. The van der Waals surface area contributed by atoms with Crippen molar-refractivity contribution in [1.82, 2.24) is 5.32 Å². The Bertz CT molecular complexity index is 2630. The Morgan fingerprint density at radius 3 is 2.08 bits per heavy atom. The number of hydrogen-bond donors (Lipinski definition) is 1. The van der Waals surface area contributed by atoms with Crippen LogP contribution in [-0.2, 0) is 25.3 Å². The summed E-state index contributed by atoms with van der Waals surface area (Å²) in [5, 5.41) is 4.48. The lowest BCUT2D eigenvalue weighted by molar-refractivity contribution is -0.138. The summed E-state index contributed by atoms with van der Waals surface area (Å²) in [5.41, 5.74) is 8.93. The van der Waals surface area contributed by atoms with Crippen molar-refractivity contribution in [3.8, 4) is 45.3 Å². The molecule has 304 valence electrons. The molecule has 0 spiro atoms. The van der Waals surface area contributed by atoms with Gasteiger partial charge in [0.15, 0.2) is 17.1 Å². The molecular formula is C51H47NO8. The van der Waals surface area contributed by atoms with Gasteiger partial charge in [0, 0.05) is 33.1 Å². The van der Waals surface area contributed by atoms with Crippen molar-refractivity contribution in [2.24, 2.45) is 0 Å². The highest BCUT2D eigenvalue weighted by atomic mass is 16.6. The molecule has 9 nitrogen and oxygen atoms in total. The van der Waals surface area contributed by atoms with E-state index in [2.05, 4.69) is 98.6 Å². The van der Waals surface area contributed by atoms with Gasteiger partial charge in [0.25, 0.3) is 0 Å². The molecule has 1 unspecified atom stereocenters. The molecule has 1 aliphatic heterocycles. The first kappa shape index (κ1) is 39.8. The van der Waals surface area contributed by atoms with Crippen molar-refractivity contribution in [3.63, 3.8) is 0 Å². The maximum atomic E-state index is 12.1. The van der Waals surface area contributed by atoms with Gasteiger partial charge in [-0.15, -0.1) is 0 Å². The fourth-order valence-electron chi connectivity index (χ4n) is 8.35. The third-order valence-corrected chi connectivity index (χ3v) is 11.3. The normalized spacial score (nSPS) is 15.5. The lowest BCUT2D eigenvalue weighted by Gasteiger charge is -2.38. The van der Waals surface area contributed by atoms with Crippen molar-refractivity contribution in [3.05, 3.63) is 161 Å². The fourth-order valence-corrected chi connectivity index (χ4v) is 8.35. The minimum Gasteiger partial charge on any atom is -0.493 e. The number of carbonyl (C=O) groups excluding carboxylic acids is 2. The Morgan fingerprint density at radius 2 is 1.40 bits per heavy atom. The lowest BCUT2D eigenvalue weighted by atomic mass is 9.76. The fraction of sp³-hybridized carbons (Fsp3) is 0.216. The molecule has 0 saturated heterocycles. The molecule has 0 fully saturated rings. The highest BCUT2D eigenvalue weighted by Crippen LogP contribution is 2.59. The molecule has 0 aromatic heterocycles. The van der Waals surface area contributed by atoms with Gasteiger partial charge in [-0.2, -0.15) is 0 Å². The second-order valence-electron chi connectivity index (χ2n) is 15.4. The maximum absolute atomic E-state index is 12.1. The highest BCUT2D eigenvalue weighted by Gasteiger charge is 2.44. The summed E-state index contributed by atoms with van der Waals surface area (Å²) in [6.07, 6.45) is 3.75. The molecule has 6 aromatic carbocycles. The van der Waals surface area contributed by atoms with E-state index >= 15 is 0 Å². The van der Waals surface area contributed by atoms with E-state index in [1.165, 1.54) is 27.8 Å². The molecule has 60 heavy (non-hydrogen) atoms. The van der Waals surface area contributed by atoms with E-state index in [0.717, 1.165) is 38.8 Å². The summed E-state index contributed by atoms with van der Waals surface area (Å²) in [4.78, 5) is 23.6. The van der Waals surface area contributed by atoms with Gasteiger partial charge in [0.05, 0.1) is 20.8 Å². The van der Waals surface area contributed by atoms with Crippen LogP contribution in [0.3, 0.4) is 0 Å². The number of nitrogens with one attached hydrogen (secondary N) is 1. The van der Waals surface area contributed by atoms with Gasteiger partial charge in [0.1, 0.15) is 31.3 Å². The molecule has 1 heterocycles. The number of fused-ring (bicyclic) bond motifs is 8. The molecule has 1 N–H and O–H groups in total. The number of esters is 1. The summed E-state index contributed by atoms with van der Waals surface area (Å²) in [6.45, 7) is 9.98. The molecule has 1 aliphatic carbocycles. The van der Waals surface area contributed by atoms with Crippen LogP contribution in [0.4, 0.5) is 4.79 Å². The Balaban J connectivity index is 1.13. The Kier molecular flexibility index (Phi) is 10.8. The molecule has 0 radical (unpaired) electrons. The molecule has 1 atom stereocenters. The molecule has 0 bridgehead atoms. The molecule has 8 rings (SSSR count). The van der Waals surface area contributed by atoms with Gasteiger partial charge in [-0.05, 0) is 82.1 Å². The molecular weight excluding hydrogens is 755 g/mol. The average Bonchev–Trinajstić information content (AvgIpc) is 3.52. The van der Waals surface area contributed by atoms with Crippen molar-refractivity contribution in [2.45, 2.75) is 31.8 Å². The first-order chi connectivity index (χ1) is 29.1. The van der Waals surface area contributed by atoms with E-state index in [4.69, 9.17) is 28.4 Å². The van der Waals surface area contributed by atoms with E-state index in [-0.39, 0.29) is 31.8 Å². The van der Waals surface area contributed by atoms with Crippen molar-refractivity contribution in [1.29, 1.82) is 0 Å². The number of amides is 1. The van der Waals surface area contributed by atoms with Gasteiger partial charge in [-0.1, -0.05) is 111 Å². The first-order valence-electron chi connectivity index (χ1n) is 19.9. The molecule has 0 saturated carbocycles. The van der Waals surface area contributed by atoms with Gasteiger partial charge in [-0.25, -0.2) is 9.59 Å². The van der Waals surface area contributed by atoms with E-state index in [1.807, 2.05) is 54.6 Å².